The van der Waals surface area contributed by atoms with Gasteiger partial charge in [-0.15, -0.1) is 0 Å². The summed E-state index contributed by atoms with van der Waals surface area (Å²) in [6.45, 7) is 2.65. The lowest BCUT2D eigenvalue weighted by atomic mass is 10.2. The number of rotatable bonds is 3. The maximum Gasteiger partial charge on any atom is 0.133 e. The van der Waals surface area contributed by atoms with Crippen molar-refractivity contribution in [3.8, 4) is 17.1 Å². The molecular formula is C12H12O2. The van der Waals surface area contributed by atoms with E-state index < -0.39 is 0 Å². The second-order valence-electron chi connectivity index (χ2n) is 2.94. The Morgan fingerprint density at radius 2 is 2.14 bits per heavy atom. The van der Waals surface area contributed by atoms with Crippen LogP contribution in [0, 0.1) is 0 Å². The van der Waals surface area contributed by atoms with Crippen LogP contribution in [0.5, 0.6) is 5.75 Å². The lowest BCUT2D eigenvalue weighted by molar-refractivity contribution is 0.340. The maximum atomic E-state index is 5.40. The molecule has 72 valence electrons. The van der Waals surface area contributed by atoms with Crippen LogP contribution in [0.4, 0.5) is 0 Å². The molecule has 2 aromatic rings. The molecule has 0 spiro atoms. The van der Waals surface area contributed by atoms with Crippen molar-refractivity contribution >= 4 is 0 Å². The molecular weight excluding hydrogens is 176 g/mol. The number of benzene rings is 1. The Kier molecular flexibility index (Phi) is 2.54. The summed E-state index contributed by atoms with van der Waals surface area (Å²) in [6.07, 6.45) is 1.67. The Labute approximate surface area is 83.1 Å². The number of ether oxygens (including phenoxy) is 1. The average Bonchev–Trinajstić information content (AvgIpc) is 2.71. The van der Waals surface area contributed by atoms with Crippen molar-refractivity contribution in [3.63, 3.8) is 0 Å². The molecule has 0 aliphatic carbocycles. The van der Waals surface area contributed by atoms with Crippen LogP contribution in [0.15, 0.2) is 47.1 Å². The Bertz CT molecular complexity index is 390. The van der Waals surface area contributed by atoms with Gasteiger partial charge >= 0.3 is 0 Å². The fourth-order valence-corrected chi connectivity index (χ4v) is 1.35. The minimum absolute atomic E-state index is 0.682. The third-order valence-corrected chi connectivity index (χ3v) is 1.95. The van der Waals surface area contributed by atoms with Crippen molar-refractivity contribution in [2.24, 2.45) is 0 Å². The topological polar surface area (TPSA) is 22.4 Å². The van der Waals surface area contributed by atoms with Gasteiger partial charge in [0.25, 0.3) is 0 Å². The van der Waals surface area contributed by atoms with Crippen molar-refractivity contribution in [2.45, 2.75) is 6.92 Å². The summed E-state index contributed by atoms with van der Waals surface area (Å²) in [6, 6.07) is 11.7. The molecule has 0 bridgehead atoms. The van der Waals surface area contributed by atoms with Gasteiger partial charge in [-0.1, -0.05) is 12.1 Å². The molecule has 0 radical (unpaired) electrons. The molecule has 0 atom stereocenters. The van der Waals surface area contributed by atoms with E-state index >= 15 is 0 Å². The first kappa shape index (κ1) is 8.88. The number of hydrogen-bond acceptors (Lipinski definition) is 2. The second-order valence-corrected chi connectivity index (χ2v) is 2.94. The molecule has 0 saturated heterocycles. The average molecular weight is 188 g/mol. The number of furan rings is 1. The lowest BCUT2D eigenvalue weighted by Crippen LogP contribution is -1.90. The minimum atomic E-state index is 0.682. The molecule has 1 aromatic heterocycles. The summed E-state index contributed by atoms with van der Waals surface area (Å²) in [5.74, 6) is 1.74. The highest BCUT2D eigenvalue weighted by Crippen LogP contribution is 2.23. The van der Waals surface area contributed by atoms with Crippen LogP contribution < -0.4 is 4.74 Å². The van der Waals surface area contributed by atoms with E-state index in [1.165, 1.54) is 0 Å². The van der Waals surface area contributed by atoms with E-state index in [0.717, 1.165) is 17.1 Å². The van der Waals surface area contributed by atoms with Gasteiger partial charge in [-0.25, -0.2) is 0 Å². The standard InChI is InChI=1S/C12H12O2/c1-2-13-11-6-3-5-10(9-11)12-7-4-8-14-12/h3-9H,2H2,1H3. The van der Waals surface area contributed by atoms with Crippen LogP contribution in [-0.4, -0.2) is 6.61 Å². The monoisotopic (exact) mass is 188 g/mol. The highest BCUT2D eigenvalue weighted by molar-refractivity contribution is 5.59. The zero-order valence-electron chi connectivity index (χ0n) is 8.07. The summed E-state index contributed by atoms with van der Waals surface area (Å²) in [5, 5.41) is 0. The van der Waals surface area contributed by atoms with E-state index in [1.807, 2.05) is 43.3 Å². The molecule has 2 rings (SSSR count). The fourth-order valence-electron chi connectivity index (χ4n) is 1.35. The summed E-state index contributed by atoms with van der Waals surface area (Å²) in [4.78, 5) is 0. The molecule has 0 fully saturated rings. The molecule has 0 aliphatic rings. The molecule has 0 aliphatic heterocycles. The van der Waals surface area contributed by atoms with Gasteiger partial charge in [-0.3, -0.25) is 0 Å². The number of hydrogen-bond donors (Lipinski definition) is 0. The molecule has 0 N–H and O–H groups in total. The van der Waals surface area contributed by atoms with Crippen LogP contribution in [-0.2, 0) is 0 Å². The molecule has 0 saturated carbocycles. The van der Waals surface area contributed by atoms with Gasteiger partial charge in [0.1, 0.15) is 11.5 Å². The summed E-state index contributed by atoms with van der Waals surface area (Å²) < 4.78 is 10.7. The van der Waals surface area contributed by atoms with Gasteiger partial charge in [-0.05, 0) is 31.2 Å². The lowest BCUT2D eigenvalue weighted by Gasteiger charge is -2.03. The van der Waals surface area contributed by atoms with E-state index in [4.69, 9.17) is 9.15 Å². The van der Waals surface area contributed by atoms with E-state index in [0.29, 0.717) is 6.61 Å². The van der Waals surface area contributed by atoms with Gasteiger partial charge in [0, 0.05) is 5.56 Å². The minimum Gasteiger partial charge on any atom is -0.494 e. The summed E-state index contributed by atoms with van der Waals surface area (Å²) in [5.41, 5.74) is 1.04. The van der Waals surface area contributed by atoms with Crippen LogP contribution in [0.25, 0.3) is 11.3 Å². The van der Waals surface area contributed by atoms with Crippen LogP contribution in [0.2, 0.25) is 0 Å². The Morgan fingerprint density at radius 1 is 1.21 bits per heavy atom. The van der Waals surface area contributed by atoms with Crippen LogP contribution >= 0.6 is 0 Å². The van der Waals surface area contributed by atoms with Gasteiger partial charge in [0.2, 0.25) is 0 Å². The molecule has 1 aromatic carbocycles. The van der Waals surface area contributed by atoms with Gasteiger partial charge in [0.05, 0.1) is 12.9 Å². The molecule has 0 amide bonds. The third-order valence-electron chi connectivity index (χ3n) is 1.95. The normalized spacial score (nSPS) is 10.1. The third kappa shape index (κ3) is 1.79. The first-order valence-electron chi connectivity index (χ1n) is 4.67. The Hall–Kier alpha value is -1.70. The quantitative estimate of drug-likeness (QED) is 0.737. The van der Waals surface area contributed by atoms with E-state index in [1.54, 1.807) is 6.26 Å². The predicted molar refractivity (Wildman–Crippen MR) is 55.3 cm³/mol. The smallest absolute Gasteiger partial charge is 0.133 e. The first-order chi connectivity index (χ1) is 6.90. The van der Waals surface area contributed by atoms with Crippen molar-refractivity contribution in [1.29, 1.82) is 0 Å². The SMILES string of the molecule is CCOc1cccc(-c2ccco2)c1. The molecule has 2 heteroatoms. The van der Waals surface area contributed by atoms with E-state index in [-0.39, 0.29) is 0 Å². The van der Waals surface area contributed by atoms with Crippen molar-refractivity contribution < 1.29 is 9.15 Å². The first-order valence-corrected chi connectivity index (χ1v) is 4.67. The van der Waals surface area contributed by atoms with Gasteiger partial charge in [0.15, 0.2) is 0 Å². The Morgan fingerprint density at radius 3 is 2.86 bits per heavy atom. The maximum absolute atomic E-state index is 5.40. The summed E-state index contributed by atoms with van der Waals surface area (Å²) >= 11 is 0. The van der Waals surface area contributed by atoms with Crippen LogP contribution in [0.1, 0.15) is 6.92 Å². The molecule has 1 heterocycles. The van der Waals surface area contributed by atoms with Gasteiger partial charge in [-0.2, -0.15) is 0 Å². The predicted octanol–water partition coefficient (Wildman–Crippen LogP) is 3.35. The highest BCUT2D eigenvalue weighted by atomic mass is 16.5. The van der Waals surface area contributed by atoms with Crippen molar-refractivity contribution in [3.05, 3.63) is 42.7 Å². The van der Waals surface area contributed by atoms with Crippen molar-refractivity contribution in [2.75, 3.05) is 6.61 Å². The Balaban J connectivity index is 2.31. The van der Waals surface area contributed by atoms with Gasteiger partial charge < -0.3 is 9.15 Å². The largest absolute Gasteiger partial charge is 0.494 e. The van der Waals surface area contributed by atoms with E-state index in [9.17, 15) is 0 Å². The van der Waals surface area contributed by atoms with E-state index in [2.05, 4.69) is 0 Å². The van der Waals surface area contributed by atoms with Crippen molar-refractivity contribution in [1.82, 2.24) is 0 Å². The molecule has 0 unspecified atom stereocenters. The highest BCUT2D eigenvalue weighted by Gasteiger charge is 2.01. The molecule has 2 nitrogen and oxygen atoms in total. The fraction of sp³-hybridized carbons (Fsp3) is 0.167. The second kappa shape index (κ2) is 4.01. The zero-order valence-corrected chi connectivity index (χ0v) is 8.07. The molecule has 14 heavy (non-hydrogen) atoms. The van der Waals surface area contributed by atoms with Crippen LogP contribution in [0.3, 0.4) is 0 Å². The summed E-state index contributed by atoms with van der Waals surface area (Å²) in [7, 11) is 0. The zero-order chi connectivity index (χ0) is 9.80.